The molecule has 2 heterocycles. The second-order valence-corrected chi connectivity index (χ2v) is 9.04. The van der Waals surface area contributed by atoms with E-state index in [1.807, 2.05) is 24.3 Å². The van der Waals surface area contributed by atoms with Gasteiger partial charge in [-0.2, -0.15) is 0 Å². The zero-order chi connectivity index (χ0) is 20.6. The van der Waals surface area contributed by atoms with E-state index in [1.165, 1.54) is 4.31 Å². The Balaban J connectivity index is 1.42. The van der Waals surface area contributed by atoms with Crippen LogP contribution in [-0.2, 0) is 21.2 Å². The highest BCUT2D eigenvalue weighted by molar-refractivity contribution is 7.92. The van der Waals surface area contributed by atoms with Gasteiger partial charge in [0.25, 0.3) is 11.7 Å². The van der Waals surface area contributed by atoms with Crippen LogP contribution in [0.25, 0.3) is 10.9 Å². The summed E-state index contributed by atoms with van der Waals surface area (Å²) >= 11 is 0. The zero-order valence-corrected chi connectivity index (χ0v) is 16.8. The number of H-pyrrole nitrogens is 1. The Labute approximate surface area is 168 Å². The van der Waals surface area contributed by atoms with Crippen molar-refractivity contribution in [1.29, 1.82) is 0 Å². The highest BCUT2D eigenvalue weighted by Crippen LogP contribution is 2.29. The van der Waals surface area contributed by atoms with Gasteiger partial charge in [0, 0.05) is 29.7 Å². The molecule has 1 amide bonds. The molecule has 0 radical (unpaired) electrons. The Hall–Kier alpha value is -3.13. The molecule has 0 fully saturated rings. The van der Waals surface area contributed by atoms with Gasteiger partial charge in [0.05, 0.1) is 17.0 Å². The standard InChI is InChI=1S/C21H21N3O4S/c1-14-19(16-7-3-4-8-17(16)23-14)20(25)21(26)22-11-13-29(27,28)24-12-10-15-6-2-5-9-18(15)24/h2-9,23H,10-13H2,1H3,(H,22,26). The molecule has 7 nitrogen and oxygen atoms in total. The second-order valence-electron chi connectivity index (χ2n) is 7.02. The average Bonchev–Trinajstić information content (AvgIpc) is 3.28. The van der Waals surface area contributed by atoms with E-state index in [4.69, 9.17) is 0 Å². The van der Waals surface area contributed by atoms with Crippen LogP contribution in [0, 0.1) is 6.92 Å². The summed E-state index contributed by atoms with van der Waals surface area (Å²) in [7, 11) is -3.59. The Morgan fingerprint density at radius 2 is 1.83 bits per heavy atom. The lowest BCUT2D eigenvalue weighted by atomic mass is 10.1. The lowest BCUT2D eigenvalue weighted by Gasteiger charge is -2.19. The quantitative estimate of drug-likeness (QED) is 0.480. The molecule has 150 valence electrons. The predicted octanol–water partition coefficient (Wildman–Crippen LogP) is 2.17. The van der Waals surface area contributed by atoms with Crippen molar-refractivity contribution < 1.29 is 18.0 Å². The maximum absolute atomic E-state index is 12.7. The Kier molecular flexibility index (Phi) is 4.87. The van der Waals surface area contributed by atoms with Crippen molar-refractivity contribution in [1.82, 2.24) is 10.3 Å². The smallest absolute Gasteiger partial charge is 0.292 e. The van der Waals surface area contributed by atoms with Gasteiger partial charge in [0.15, 0.2) is 0 Å². The van der Waals surface area contributed by atoms with Gasteiger partial charge in [-0.1, -0.05) is 36.4 Å². The van der Waals surface area contributed by atoms with Crippen molar-refractivity contribution in [3.05, 3.63) is 65.4 Å². The van der Waals surface area contributed by atoms with Crippen molar-refractivity contribution in [2.75, 3.05) is 23.1 Å². The number of nitrogens with one attached hydrogen (secondary N) is 2. The number of benzene rings is 2. The van der Waals surface area contributed by atoms with Crippen LogP contribution in [0.1, 0.15) is 21.6 Å². The molecule has 2 aromatic carbocycles. The minimum Gasteiger partial charge on any atom is -0.358 e. The summed E-state index contributed by atoms with van der Waals surface area (Å²) in [6.45, 7) is 1.99. The largest absolute Gasteiger partial charge is 0.358 e. The average molecular weight is 411 g/mol. The molecular formula is C21H21N3O4S. The Morgan fingerprint density at radius 3 is 2.66 bits per heavy atom. The molecule has 4 rings (SSSR count). The molecule has 1 aliphatic heterocycles. The molecular weight excluding hydrogens is 390 g/mol. The van der Waals surface area contributed by atoms with E-state index in [2.05, 4.69) is 10.3 Å². The van der Waals surface area contributed by atoms with E-state index in [9.17, 15) is 18.0 Å². The SMILES string of the molecule is Cc1[nH]c2ccccc2c1C(=O)C(=O)NCCS(=O)(=O)N1CCc2ccccc21. The van der Waals surface area contributed by atoms with Crippen LogP contribution in [0.3, 0.4) is 0 Å². The van der Waals surface area contributed by atoms with Gasteiger partial charge < -0.3 is 10.3 Å². The number of hydrogen-bond donors (Lipinski definition) is 2. The second kappa shape index (κ2) is 7.36. The van der Waals surface area contributed by atoms with Gasteiger partial charge >= 0.3 is 0 Å². The Morgan fingerprint density at radius 1 is 1.10 bits per heavy atom. The topological polar surface area (TPSA) is 99.3 Å². The van der Waals surface area contributed by atoms with E-state index >= 15 is 0 Å². The fraction of sp³-hybridized carbons (Fsp3) is 0.238. The van der Waals surface area contributed by atoms with Crippen molar-refractivity contribution in [2.45, 2.75) is 13.3 Å². The number of aromatic nitrogens is 1. The number of ketones is 1. The molecule has 0 atom stereocenters. The van der Waals surface area contributed by atoms with E-state index in [1.54, 1.807) is 31.2 Å². The molecule has 3 aromatic rings. The lowest BCUT2D eigenvalue weighted by Crippen LogP contribution is -2.39. The molecule has 0 saturated carbocycles. The number of anilines is 1. The van der Waals surface area contributed by atoms with E-state index in [0.717, 1.165) is 11.1 Å². The van der Waals surface area contributed by atoms with Gasteiger partial charge in [-0.05, 0) is 31.0 Å². The van der Waals surface area contributed by atoms with Crippen molar-refractivity contribution >= 4 is 38.3 Å². The number of para-hydroxylation sites is 2. The number of Topliss-reactive ketones (excluding diaryl/α,β-unsaturated/α-hetero) is 1. The fourth-order valence-electron chi connectivity index (χ4n) is 3.76. The van der Waals surface area contributed by atoms with E-state index in [-0.39, 0.29) is 12.3 Å². The van der Waals surface area contributed by atoms with Gasteiger partial charge in [-0.3, -0.25) is 13.9 Å². The number of nitrogens with zero attached hydrogens (tertiary/aromatic N) is 1. The maximum Gasteiger partial charge on any atom is 0.292 e. The number of fused-ring (bicyclic) bond motifs is 2. The predicted molar refractivity (Wildman–Crippen MR) is 112 cm³/mol. The van der Waals surface area contributed by atoms with Crippen molar-refractivity contribution in [2.24, 2.45) is 0 Å². The number of aromatic amines is 1. The van der Waals surface area contributed by atoms with Gasteiger partial charge in [-0.15, -0.1) is 0 Å². The van der Waals surface area contributed by atoms with Gasteiger partial charge in [0.2, 0.25) is 10.0 Å². The van der Waals surface area contributed by atoms with Gasteiger partial charge in [0.1, 0.15) is 0 Å². The van der Waals surface area contributed by atoms with Crippen LogP contribution in [0.5, 0.6) is 0 Å². The van der Waals surface area contributed by atoms with Crippen LogP contribution in [0.4, 0.5) is 5.69 Å². The molecule has 0 spiro atoms. The number of carbonyl (C=O) groups is 2. The summed E-state index contributed by atoms with van der Waals surface area (Å²) < 4.78 is 26.8. The van der Waals surface area contributed by atoms with Crippen LogP contribution >= 0.6 is 0 Å². The highest BCUT2D eigenvalue weighted by atomic mass is 32.2. The third-order valence-corrected chi connectivity index (χ3v) is 6.92. The van der Waals surface area contributed by atoms with E-state index < -0.39 is 21.7 Å². The summed E-state index contributed by atoms with van der Waals surface area (Å²) in [5.74, 6) is -1.76. The first kappa shape index (κ1) is 19.2. The summed E-state index contributed by atoms with van der Waals surface area (Å²) in [5, 5.41) is 3.13. The molecule has 0 aliphatic carbocycles. The number of amides is 1. The number of carbonyl (C=O) groups excluding carboxylic acids is 2. The molecule has 8 heteroatoms. The molecule has 1 aliphatic rings. The molecule has 0 bridgehead atoms. The summed E-state index contributed by atoms with van der Waals surface area (Å²) in [5.41, 5.74) is 3.37. The molecule has 29 heavy (non-hydrogen) atoms. The van der Waals surface area contributed by atoms with Crippen molar-refractivity contribution in [3.63, 3.8) is 0 Å². The molecule has 1 aromatic heterocycles. The summed E-state index contributed by atoms with van der Waals surface area (Å²) in [4.78, 5) is 28.1. The summed E-state index contributed by atoms with van der Waals surface area (Å²) in [6, 6.07) is 14.6. The van der Waals surface area contributed by atoms with Crippen LogP contribution in [0.2, 0.25) is 0 Å². The number of hydrogen-bond acceptors (Lipinski definition) is 4. The minimum absolute atomic E-state index is 0.132. The number of sulfonamides is 1. The normalized spacial score (nSPS) is 13.5. The third-order valence-electron chi connectivity index (χ3n) is 5.15. The zero-order valence-electron chi connectivity index (χ0n) is 15.9. The first-order chi connectivity index (χ1) is 13.9. The van der Waals surface area contributed by atoms with E-state index in [0.29, 0.717) is 35.3 Å². The Bertz CT molecular complexity index is 1210. The highest BCUT2D eigenvalue weighted by Gasteiger charge is 2.29. The first-order valence-corrected chi connectivity index (χ1v) is 11.0. The number of aryl methyl sites for hydroxylation is 1. The third kappa shape index (κ3) is 3.51. The van der Waals surface area contributed by atoms with Gasteiger partial charge in [-0.25, -0.2) is 8.42 Å². The monoisotopic (exact) mass is 411 g/mol. The van der Waals surface area contributed by atoms with Crippen LogP contribution < -0.4 is 9.62 Å². The number of rotatable bonds is 6. The summed E-state index contributed by atoms with van der Waals surface area (Å²) in [6.07, 6.45) is 0.667. The maximum atomic E-state index is 12.7. The molecule has 2 N–H and O–H groups in total. The van der Waals surface area contributed by atoms with Crippen LogP contribution in [0.15, 0.2) is 48.5 Å². The fourth-order valence-corrected chi connectivity index (χ4v) is 5.19. The van der Waals surface area contributed by atoms with Crippen LogP contribution in [-0.4, -0.2) is 43.9 Å². The molecule has 0 unspecified atom stereocenters. The molecule has 0 saturated heterocycles. The first-order valence-electron chi connectivity index (χ1n) is 9.36. The van der Waals surface area contributed by atoms with Crippen molar-refractivity contribution in [3.8, 4) is 0 Å². The lowest BCUT2D eigenvalue weighted by molar-refractivity contribution is -0.116. The minimum atomic E-state index is -3.59.